The first-order valence-electron chi connectivity index (χ1n) is 4.56. The summed E-state index contributed by atoms with van der Waals surface area (Å²) in [6.07, 6.45) is 2.16. The average Bonchev–Trinajstić information content (AvgIpc) is 2.51. The van der Waals surface area contributed by atoms with Crippen LogP contribution in [0.4, 0.5) is 0 Å². The van der Waals surface area contributed by atoms with Crippen molar-refractivity contribution < 1.29 is 0 Å². The molecule has 1 unspecified atom stereocenters. The summed E-state index contributed by atoms with van der Waals surface area (Å²) in [5.74, 6) is 1.16. The van der Waals surface area contributed by atoms with Crippen LogP contribution in [0.3, 0.4) is 0 Å². The molecule has 1 N–H and O–H groups in total. The zero-order chi connectivity index (χ0) is 9.68. The molecule has 3 heteroatoms. The number of thiophene rings is 1. The average molecular weight is 215 g/mol. The molecule has 1 atom stereocenters. The predicted octanol–water partition coefficient (Wildman–Crippen LogP) is 3.07. The van der Waals surface area contributed by atoms with Crippen molar-refractivity contribution >= 4 is 23.1 Å². The number of nitrogens with one attached hydrogen (secondary N) is 1. The van der Waals surface area contributed by atoms with Gasteiger partial charge >= 0.3 is 0 Å². The van der Waals surface area contributed by atoms with E-state index in [4.69, 9.17) is 0 Å². The van der Waals surface area contributed by atoms with E-state index in [1.165, 1.54) is 10.4 Å². The van der Waals surface area contributed by atoms with Gasteiger partial charge in [-0.05, 0) is 36.7 Å². The van der Waals surface area contributed by atoms with Crippen LogP contribution in [0.25, 0.3) is 0 Å². The summed E-state index contributed by atoms with van der Waals surface area (Å²) in [7, 11) is 0. The van der Waals surface area contributed by atoms with E-state index in [0.29, 0.717) is 6.04 Å². The lowest BCUT2D eigenvalue weighted by Gasteiger charge is -2.16. The molecule has 0 amide bonds. The molecule has 0 saturated carbocycles. The summed E-state index contributed by atoms with van der Waals surface area (Å²) >= 11 is 3.73. The fourth-order valence-corrected chi connectivity index (χ4v) is 2.82. The number of hydrogen-bond donors (Lipinski definition) is 1. The maximum absolute atomic E-state index is 3.51. The molecule has 1 aromatic rings. The van der Waals surface area contributed by atoms with E-state index in [-0.39, 0.29) is 0 Å². The summed E-state index contributed by atoms with van der Waals surface area (Å²) in [4.78, 5) is 1.44. The largest absolute Gasteiger partial charge is 0.309 e. The Morgan fingerprint density at radius 2 is 2.38 bits per heavy atom. The second-order valence-electron chi connectivity index (χ2n) is 3.00. The molecule has 1 nitrogen and oxygen atoms in total. The van der Waals surface area contributed by atoms with Gasteiger partial charge < -0.3 is 5.32 Å². The second kappa shape index (κ2) is 5.68. The van der Waals surface area contributed by atoms with E-state index in [1.807, 2.05) is 23.1 Å². The van der Waals surface area contributed by atoms with Gasteiger partial charge in [-0.25, -0.2) is 0 Å². The number of rotatable bonds is 5. The van der Waals surface area contributed by atoms with Gasteiger partial charge in [0.1, 0.15) is 0 Å². The molecular formula is C10H17NS2. The number of hydrogen-bond acceptors (Lipinski definition) is 3. The van der Waals surface area contributed by atoms with Gasteiger partial charge in [-0.3, -0.25) is 0 Å². The summed E-state index contributed by atoms with van der Waals surface area (Å²) in [6, 6.07) is 2.77. The highest BCUT2D eigenvalue weighted by atomic mass is 32.2. The summed E-state index contributed by atoms with van der Waals surface area (Å²) in [5.41, 5.74) is 1.47. The molecule has 0 aliphatic heterocycles. The molecule has 0 aliphatic rings. The van der Waals surface area contributed by atoms with E-state index >= 15 is 0 Å². The van der Waals surface area contributed by atoms with Crippen molar-refractivity contribution in [2.45, 2.75) is 19.9 Å². The molecule has 0 fully saturated rings. The van der Waals surface area contributed by atoms with Crippen LogP contribution in [-0.2, 0) is 0 Å². The molecule has 0 saturated heterocycles. The first-order valence-corrected chi connectivity index (χ1v) is 6.83. The van der Waals surface area contributed by atoms with Crippen LogP contribution in [0.2, 0.25) is 0 Å². The minimum absolute atomic E-state index is 0.534. The molecular weight excluding hydrogens is 198 g/mol. The van der Waals surface area contributed by atoms with Crippen molar-refractivity contribution in [3.05, 3.63) is 21.9 Å². The molecule has 0 aliphatic carbocycles. The van der Waals surface area contributed by atoms with Gasteiger partial charge in [0.05, 0.1) is 0 Å². The van der Waals surface area contributed by atoms with Gasteiger partial charge in [0.15, 0.2) is 0 Å². The Kier molecular flexibility index (Phi) is 4.84. The zero-order valence-corrected chi connectivity index (χ0v) is 10.1. The second-order valence-corrected chi connectivity index (χ2v) is 5.03. The van der Waals surface area contributed by atoms with E-state index < -0.39 is 0 Å². The zero-order valence-electron chi connectivity index (χ0n) is 8.46. The third-order valence-electron chi connectivity index (χ3n) is 2.06. The quantitative estimate of drug-likeness (QED) is 0.810. The maximum Gasteiger partial charge on any atom is 0.0422 e. The monoisotopic (exact) mass is 215 g/mol. The van der Waals surface area contributed by atoms with Crippen LogP contribution >= 0.6 is 23.1 Å². The lowest BCUT2D eigenvalue weighted by Crippen LogP contribution is -2.22. The molecule has 74 valence electrons. The van der Waals surface area contributed by atoms with Gasteiger partial charge in [0.25, 0.3) is 0 Å². The summed E-state index contributed by atoms with van der Waals surface area (Å²) in [6.45, 7) is 5.40. The number of thioether (sulfide) groups is 1. The Balaban J connectivity index is 2.69. The van der Waals surface area contributed by atoms with Gasteiger partial charge in [-0.15, -0.1) is 11.3 Å². The van der Waals surface area contributed by atoms with Crippen LogP contribution in [0.15, 0.2) is 11.4 Å². The minimum atomic E-state index is 0.534. The molecule has 1 rings (SSSR count). The van der Waals surface area contributed by atoms with Crippen LogP contribution in [0.1, 0.15) is 23.4 Å². The Hall–Kier alpha value is 0.01000. The third-order valence-corrected chi connectivity index (χ3v) is 3.59. The topological polar surface area (TPSA) is 12.0 Å². The molecule has 1 heterocycles. The summed E-state index contributed by atoms with van der Waals surface area (Å²) in [5, 5.41) is 5.69. The Labute approximate surface area is 88.9 Å². The molecule has 0 aromatic carbocycles. The smallest absolute Gasteiger partial charge is 0.0422 e. The lowest BCUT2D eigenvalue weighted by molar-refractivity contribution is 0.606. The van der Waals surface area contributed by atoms with Crippen molar-refractivity contribution in [1.29, 1.82) is 0 Å². The maximum atomic E-state index is 3.51. The highest BCUT2D eigenvalue weighted by Crippen LogP contribution is 2.24. The first-order chi connectivity index (χ1) is 6.29. The van der Waals surface area contributed by atoms with Crippen molar-refractivity contribution in [3.63, 3.8) is 0 Å². The summed E-state index contributed by atoms with van der Waals surface area (Å²) < 4.78 is 0. The van der Waals surface area contributed by atoms with E-state index in [2.05, 4.69) is 36.9 Å². The SMILES string of the molecule is CCNC(CSC)c1ccsc1C. The fourth-order valence-electron chi connectivity index (χ4n) is 1.43. The molecule has 0 radical (unpaired) electrons. The minimum Gasteiger partial charge on any atom is -0.309 e. The Morgan fingerprint density at radius 3 is 2.85 bits per heavy atom. The first kappa shape index (κ1) is 11.1. The Morgan fingerprint density at radius 1 is 1.62 bits per heavy atom. The van der Waals surface area contributed by atoms with Crippen molar-refractivity contribution in [2.75, 3.05) is 18.6 Å². The molecule has 13 heavy (non-hydrogen) atoms. The fraction of sp³-hybridized carbons (Fsp3) is 0.600. The normalized spacial score (nSPS) is 13.2. The lowest BCUT2D eigenvalue weighted by atomic mass is 10.1. The number of aryl methyl sites for hydroxylation is 1. The van der Waals surface area contributed by atoms with E-state index in [0.717, 1.165) is 12.3 Å². The van der Waals surface area contributed by atoms with E-state index in [1.54, 1.807) is 0 Å². The highest BCUT2D eigenvalue weighted by Gasteiger charge is 2.12. The van der Waals surface area contributed by atoms with Crippen LogP contribution in [-0.4, -0.2) is 18.6 Å². The third kappa shape index (κ3) is 3.01. The predicted molar refractivity (Wildman–Crippen MR) is 63.9 cm³/mol. The molecule has 0 spiro atoms. The molecule has 0 bridgehead atoms. The van der Waals surface area contributed by atoms with Crippen LogP contribution < -0.4 is 5.32 Å². The van der Waals surface area contributed by atoms with Crippen LogP contribution in [0.5, 0.6) is 0 Å². The van der Waals surface area contributed by atoms with Crippen molar-refractivity contribution in [1.82, 2.24) is 5.32 Å². The standard InChI is InChI=1S/C10H17NS2/c1-4-11-10(7-12-3)9-5-6-13-8(9)2/h5-6,10-11H,4,7H2,1-3H3. The van der Waals surface area contributed by atoms with Gasteiger partial charge in [-0.1, -0.05) is 6.92 Å². The molecule has 1 aromatic heterocycles. The Bertz CT molecular complexity index is 239. The van der Waals surface area contributed by atoms with Crippen LogP contribution in [0, 0.1) is 6.92 Å². The highest BCUT2D eigenvalue weighted by molar-refractivity contribution is 7.98. The van der Waals surface area contributed by atoms with Gasteiger partial charge in [0.2, 0.25) is 0 Å². The van der Waals surface area contributed by atoms with Crippen molar-refractivity contribution in [3.8, 4) is 0 Å². The van der Waals surface area contributed by atoms with Gasteiger partial charge in [-0.2, -0.15) is 11.8 Å². The van der Waals surface area contributed by atoms with Crippen molar-refractivity contribution in [2.24, 2.45) is 0 Å². The van der Waals surface area contributed by atoms with E-state index in [9.17, 15) is 0 Å². The van der Waals surface area contributed by atoms with Gasteiger partial charge in [0, 0.05) is 16.7 Å².